The molecular formula is C6H4Br2N2O2. The summed E-state index contributed by atoms with van der Waals surface area (Å²) in [5.74, 6) is 0. The number of pyridine rings is 1. The van der Waals surface area contributed by atoms with Crippen LogP contribution in [0.1, 0.15) is 5.69 Å². The maximum absolute atomic E-state index is 10.5. The molecule has 0 unspecified atom stereocenters. The highest BCUT2D eigenvalue weighted by atomic mass is 79.9. The number of hydrogen-bond acceptors (Lipinski definition) is 3. The van der Waals surface area contributed by atoms with Crippen LogP contribution in [0.5, 0.6) is 0 Å². The molecule has 0 aliphatic rings. The smallest absolute Gasteiger partial charge is 0.258 e. The van der Waals surface area contributed by atoms with E-state index in [0.29, 0.717) is 15.5 Å². The van der Waals surface area contributed by atoms with Crippen molar-refractivity contribution in [2.45, 2.75) is 5.33 Å². The minimum atomic E-state index is -0.450. The molecule has 0 aliphatic carbocycles. The van der Waals surface area contributed by atoms with Gasteiger partial charge in [0.25, 0.3) is 5.69 Å². The molecule has 64 valence electrons. The number of hydrogen-bond donors (Lipinski definition) is 0. The van der Waals surface area contributed by atoms with E-state index in [9.17, 15) is 10.1 Å². The maximum atomic E-state index is 10.5. The molecule has 0 amide bonds. The van der Waals surface area contributed by atoms with Crippen LogP contribution in [0.2, 0.25) is 0 Å². The molecule has 0 aromatic carbocycles. The van der Waals surface area contributed by atoms with Crippen LogP contribution in [0.3, 0.4) is 0 Å². The van der Waals surface area contributed by atoms with E-state index in [0.717, 1.165) is 0 Å². The van der Waals surface area contributed by atoms with Crippen LogP contribution < -0.4 is 0 Å². The van der Waals surface area contributed by atoms with Gasteiger partial charge in [-0.15, -0.1) is 0 Å². The third kappa shape index (κ3) is 2.01. The average Bonchev–Trinajstić information content (AvgIpc) is 2.04. The molecule has 6 heteroatoms. The molecule has 0 fully saturated rings. The lowest BCUT2D eigenvalue weighted by atomic mass is 10.3. The first-order valence-corrected chi connectivity index (χ1v) is 4.91. The summed E-state index contributed by atoms with van der Waals surface area (Å²) in [6.07, 6.45) is 1.53. The summed E-state index contributed by atoms with van der Waals surface area (Å²) in [7, 11) is 0. The van der Waals surface area contributed by atoms with E-state index >= 15 is 0 Å². The zero-order valence-corrected chi connectivity index (χ0v) is 9.00. The van der Waals surface area contributed by atoms with E-state index in [1.807, 2.05) is 0 Å². The summed E-state index contributed by atoms with van der Waals surface area (Å²) in [6.45, 7) is 0. The Bertz CT molecular complexity index is 316. The normalized spacial score (nSPS) is 9.83. The maximum Gasteiger partial charge on any atom is 0.292 e. The third-order valence-corrected chi connectivity index (χ3v) is 2.20. The molecule has 0 bridgehead atoms. The van der Waals surface area contributed by atoms with E-state index in [4.69, 9.17) is 0 Å². The van der Waals surface area contributed by atoms with E-state index in [2.05, 4.69) is 36.8 Å². The monoisotopic (exact) mass is 294 g/mol. The molecular weight excluding hydrogens is 292 g/mol. The van der Waals surface area contributed by atoms with Crippen LogP contribution >= 0.6 is 31.9 Å². The number of nitro groups is 1. The van der Waals surface area contributed by atoms with Crippen molar-refractivity contribution in [3.63, 3.8) is 0 Å². The van der Waals surface area contributed by atoms with Crippen molar-refractivity contribution in [1.29, 1.82) is 0 Å². The van der Waals surface area contributed by atoms with Crippen molar-refractivity contribution < 1.29 is 4.92 Å². The summed E-state index contributed by atoms with van der Waals surface area (Å²) in [6, 6.07) is 1.43. The molecule has 0 N–H and O–H groups in total. The Morgan fingerprint density at radius 3 is 2.83 bits per heavy atom. The zero-order chi connectivity index (χ0) is 9.14. The summed E-state index contributed by atoms with van der Waals surface area (Å²) >= 11 is 6.23. The van der Waals surface area contributed by atoms with Crippen LogP contribution in [0.4, 0.5) is 5.69 Å². The van der Waals surface area contributed by atoms with Gasteiger partial charge in [-0.1, -0.05) is 15.9 Å². The Hall–Kier alpha value is -0.490. The Balaban J connectivity index is 3.21. The van der Waals surface area contributed by atoms with Crippen LogP contribution in [0.25, 0.3) is 0 Å². The van der Waals surface area contributed by atoms with Gasteiger partial charge in [0.15, 0.2) is 0 Å². The van der Waals surface area contributed by atoms with Gasteiger partial charge in [0, 0.05) is 16.7 Å². The highest BCUT2D eigenvalue weighted by Crippen LogP contribution is 2.22. The van der Waals surface area contributed by atoms with E-state index in [-0.39, 0.29) is 5.69 Å². The van der Waals surface area contributed by atoms with Crippen LogP contribution in [-0.4, -0.2) is 9.91 Å². The van der Waals surface area contributed by atoms with Crippen molar-refractivity contribution in [3.8, 4) is 0 Å². The van der Waals surface area contributed by atoms with E-state index < -0.39 is 4.92 Å². The Labute approximate surface area is 85.4 Å². The predicted octanol–water partition coefficient (Wildman–Crippen LogP) is 2.65. The molecule has 0 atom stereocenters. The van der Waals surface area contributed by atoms with E-state index in [1.165, 1.54) is 12.3 Å². The van der Waals surface area contributed by atoms with Gasteiger partial charge in [-0.2, -0.15) is 0 Å². The highest BCUT2D eigenvalue weighted by molar-refractivity contribution is 9.10. The molecule has 0 spiro atoms. The summed E-state index contributed by atoms with van der Waals surface area (Å²) in [5.41, 5.74) is 0.462. The molecule has 0 saturated heterocycles. The van der Waals surface area contributed by atoms with Crippen molar-refractivity contribution in [3.05, 3.63) is 32.5 Å². The highest BCUT2D eigenvalue weighted by Gasteiger charge is 2.13. The number of rotatable bonds is 2. The number of nitrogens with zero attached hydrogens (tertiary/aromatic N) is 2. The molecule has 1 aromatic heterocycles. The molecule has 0 radical (unpaired) electrons. The molecule has 4 nitrogen and oxygen atoms in total. The van der Waals surface area contributed by atoms with Gasteiger partial charge in [0.05, 0.1) is 10.3 Å². The summed E-state index contributed by atoms with van der Waals surface area (Å²) in [4.78, 5) is 13.9. The molecule has 0 aliphatic heterocycles. The lowest BCUT2D eigenvalue weighted by Gasteiger charge is -1.97. The van der Waals surface area contributed by atoms with Crippen molar-refractivity contribution in [2.75, 3.05) is 0 Å². The first-order valence-electron chi connectivity index (χ1n) is 3.00. The SMILES string of the molecule is O=[N+]([O-])c1cc(Br)cnc1CBr. The molecule has 1 heterocycles. The molecule has 1 aromatic rings. The fraction of sp³-hybridized carbons (Fsp3) is 0.167. The topological polar surface area (TPSA) is 56.0 Å². The predicted molar refractivity (Wildman–Crippen MR) is 51.2 cm³/mol. The quantitative estimate of drug-likeness (QED) is 0.479. The fourth-order valence-corrected chi connectivity index (χ4v) is 1.47. The van der Waals surface area contributed by atoms with Gasteiger partial charge >= 0.3 is 0 Å². The lowest BCUT2D eigenvalue weighted by Crippen LogP contribution is -1.95. The van der Waals surface area contributed by atoms with Crippen LogP contribution in [-0.2, 0) is 5.33 Å². The number of halogens is 2. The van der Waals surface area contributed by atoms with Gasteiger partial charge in [-0.25, -0.2) is 0 Å². The van der Waals surface area contributed by atoms with Crippen molar-refractivity contribution in [2.24, 2.45) is 0 Å². The number of alkyl halides is 1. The second kappa shape index (κ2) is 3.95. The van der Waals surface area contributed by atoms with Crippen molar-refractivity contribution in [1.82, 2.24) is 4.98 Å². The Kier molecular flexibility index (Phi) is 3.16. The minimum absolute atomic E-state index is 0.0289. The minimum Gasteiger partial charge on any atom is -0.258 e. The van der Waals surface area contributed by atoms with Crippen LogP contribution in [0, 0.1) is 10.1 Å². The summed E-state index contributed by atoms with van der Waals surface area (Å²) in [5, 5.41) is 10.8. The second-order valence-electron chi connectivity index (χ2n) is 2.01. The zero-order valence-electron chi connectivity index (χ0n) is 5.83. The van der Waals surface area contributed by atoms with Crippen LogP contribution in [0.15, 0.2) is 16.7 Å². The molecule has 0 saturated carbocycles. The Morgan fingerprint density at radius 1 is 1.67 bits per heavy atom. The van der Waals surface area contributed by atoms with Gasteiger partial charge in [0.2, 0.25) is 0 Å². The van der Waals surface area contributed by atoms with Crippen molar-refractivity contribution >= 4 is 37.5 Å². The largest absolute Gasteiger partial charge is 0.292 e. The first kappa shape index (κ1) is 9.60. The standard InChI is InChI=1S/C6H4Br2N2O2/c7-2-5-6(10(11)12)1-4(8)3-9-5/h1,3H,2H2. The third-order valence-electron chi connectivity index (χ3n) is 1.24. The fourth-order valence-electron chi connectivity index (χ4n) is 0.718. The van der Waals surface area contributed by atoms with Gasteiger partial charge in [-0.05, 0) is 15.9 Å². The molecule has 1 rings (SSSR count). The summed E-state index contributed by atoms with van der Waals surface area (Å²) < 4.78 is 0.610. The Morgan fingerprint density at radius 2 is 2.33 bits per heavy atom. The first-order chi connectivity index (χ1) is 5.65. The number of aromatic nitrogens is 1. The van der Waals surface area contributed by atoms with E-state index in [1.54, 1.807) is 0 Å². The second-order valence-corrected chi connectivity index (χ2v) is 3.49. The van der Waals surface area contributed by atoms with Gasteiger partial charge in [0.1, 0.15) is 5.69 Å². The molecule has 12 heavy (non-hydrogen) atoms. The average molecular weight is 296 g/mol. The van der Waals surface area contributed by atoms with Gasteiger partial charge in [-0.3, -0.25) is 15.1 Å². The lowest BCUT2D eigenvalue weighted by molar-refractivity contribution is -0.385. The van der Waals surface area contributed by atoms with Gasteiger partial charge < -0.3 is 0 Å².